The summed E-state index contributed by atoms with van der Waals surface area (Å²) in [7, 11) is -3.79. The molecule has 0 aliphatic rings. The molecule has 0 aliphatic heterocycles. The second-order valence-electron chi connectivity index (χ2n) is 3.77. The Balaban J connectivity index is 3.36. The van der Waals surface area contributed by atoms with Crippen molar-refractivity contribution in [2.45, 2.75) is 11.8 Å². The molecule has 1 aromatic heterocycles. The van der Waals surface area contributed by atoms with Gasteiger partial charge in [0.1, 0.15) is 6.20 Å². The first-order valence-electron chi connectivity index (χ1n) is 4.86. The van der Waals surface area contributed by atoms with Gasteiger partial charge in [0.05, 0.1) is 15.1 Å². The third-order valence-corrected chi connectivity index (χ3v) is 5.56. The average Bonchev–Trinajstić information content (AvgIpc) is 2.27. The Kier molecular flexibility index (Phi) is 5.06. The maximum Gasteiger partial charge on any atom is 0.307 e. The Hall–Kier alpha value is -0.730. The highest BCUT2D eigenvalue weighted by Gasteiger charge is 2.30. The summed E-state index contributed by atoms with van der Waals surface area (Å²) in [5, 5.41) is 10.8. The van der Waals surface area contributed by atoms with Crippen LogP contribution in [0.5, 0.6) is 0 Å². The van der Waals surface area contributed by atoms with Crippen molar-refractivity contribution in [3.05, 3.63) is 27.0 Å². The lowest BCUT2D eigenvalue weighted by atomic mass is 10.3. The molecule has 1 heterocycles. The molecule has 18 heavy (non-hydrogen) atoms. The number of halogens is 2. The summed E-state index contributed by atoms with van der Waals surface area (Å²) < 4.78 is 24.3. The van der Waals surface area contributed by atoms with Crippen molar-refractivity contribution in [1.29, 1.82) is 0 Å². The smallest absolute Gasteiger partial charge is 0.258 e. The molecule has 0 bridgehead atoms. The fraction of sp³-hybridized carbons (Fsp3) is 0.444. The van der Waals surface area contributed by atoms with E-state index in [4.69, 9.17) is 11.6 Å². The van der Waals surface area contributed by atoms with Crippen molar-refractivity contribution in [3.8, 4) is 0 Å². The molecular formula is C9H10BrClN2O4S. The van der Waals surface area contributed by atoms with Crippen LogP contribution in [0, 0.1) is 16.0 Å². The van der Waals surface area contributed by atoms with Crippen LogP contribution in [0.4, 0.5) is 5.69 Å². The molecule has 1 atom stereocenters. The highest BCUT2D eigenvalue weighted by atomic mass is 79.9. The van der Waals surface area contributed by atoms with Crippen molar-refractivity contribution in [3.63, 3.8) is 0 Å². The molecule has 0 amide bonds. The molecule has 1 unspecified atom stereocenters. The number of alkyl halides is 1. The maximum absolute atomic E-state index is 12.1. The molecule has 100 valence electrons. The van der Waals surface area contributed by atoms with E-state index in [1.807, 2.05) is 0 Å². The van der Waals surface area contributed by atoms with Crippen LogP contribution in [0.3, 0.4) is 0 Å². The number of rotatable bonds is 5. The molecule has 0 saturated carbocycles. The third-order valence-electron chi connectivity index (χ3n) is 2.11. The van der Waals surface area contributed by atoms with Gasteiger partial charge in [0, 0.05) is 12.1 Å². The van der Waals surface area contributed by atoms with E-state index in [-0.39, 0.29) is 26.9 Å². The Morgan fingerprint density at radius 2 is 2.17 bits per heavy atom. The van der Waals surface area contributed by atoms with E-state index in [0.717, 1.165) is 6.20 Å². The minimum Gasteiger partial charge on any atom is -0.258 e. The number of hydrogen-bond donors (Lipinski definition) is 0. The molecular weight excluding hydrogens is 348 g/mol. The highest BCUT2D eigenvalue weighted by Crippen LogP contribution is 2.31. The standard InChI is InChI=1S/C9H10BrClN2O4S/c1-6(2-11)5-18(16,17)9-7(10)3-12-4-8(9)13(14)15/h3-4,6H,2,5H2,1H3. The average molecular weight is 358 g/mol. The lowest BCUT2D eigenvalue weighted by molar-refractivity contribution is -0.388. The fourth-order valence-corrected chi connectivity index (χ4v) is 4.48. The van der Waals surface area contributed by atoms with Gasteiger partial charge in [-0.3, -0.25) is 15.1 Å². The first-order chi connectivity index (χ1) is 8.29. The summed E-state index contributed by atoms with van der Waals surface area (Å²) in [6.45, 7) is 1.66. The van der Waals surface area contributed by atoms with Crippen LogP contribution in [0.15, 0.2) is 21.8 Å². The van der Waals surface area contributed by atoms with E-state index in [9.17, 15) is 18.5 Å². The molecule has 0 fully saturated rings. The molecule has 0 aromatic carbocycles. The number of nitro groups is 1. The minimum atomic E-state index is -3.79. The van der Waals surface area contributed by atoms with Crippen molar-refractivity contribution in [2.24, 2.45) is 5.92 Å². The van der Waals surface area contributed by atoms with Crippen molar-refractivity contribution in [2.75, 3.05) is 11.6 Å². The van der Waals surface area contributed by atoms with E-state index < -0.39 is 20.4 Å². The quantitative estimate of drug-likeness (QED) is 0.458. The van der Waals surface area contributed by atoms with Gasteiger partial charge in [-0.25, -0.2) is 8.42 Å². The van der Waals surface area contributed by atoms with E-state index in [2.05, 4.69) is 20.9 Å². The molecule has 0 N–H and O–H groups in total. The van der Waals surface area contributed by atoms with Gasteiger partial charge in [-0.1, -0.05) is 6.92 Å². The van der Waals surface area contributed by atoms with Gasteiger partial charge in [0.2, 0.25) is 0 Å². The van der Waals surface area contributed by atoms with E-state index >= 15 is 0 Å². The number of hydrogen-bond acceptors (Lipinski definition) is 5. The lowest BCUT2D eigenvalue weighted by Crippen LogP contribution is -2.17. The first-order valence-corrected chi connectivity index (χ1v) is 7.84. The number of nitrogens with zero attached hydrogens (tertiary/aromatic N) is 2. The van der Waals surface area contributed by atoms with Crippen LogP contribution in [0.1, 0.15) is 6.92 Å². The van der Waals surface area contributed by atoms with Crippen LogP contribution in [-0.2, 0) is 9.84 Å². The van der Waals surface area contributed by atoms with E-state index in [1.165, 1.54) is 6.20 Å². The summed E-state index contributed by atoms with van der Waals surface area (Å²) in [5.41, 5.74) is -0.536. The number of pyridine rings is 1. The molecule has 1 aromatic rings. The van der Waals surface area contributed by atoms with Gasteiger partial charge in [-0.05, 0) is 21.8 Å². The van der Waals surface area contributed by atoms with Gasteiger partial charge >= 0.3 is 5.69 Å². The van der Waals surface area contributed by atoms with Crippen molar-refractivity contribution in [1.82, 2.24) is 4.98 Å². The molecule has 0 aliphatic carbocycles. The van der Waals surface area contributed by atoms with Crippen molar-refractivity contribution >= 4 is 43.1 Å². The summed E-state index contributed by atoms with van der Waals surface area (Å²) >= 11 is 8.55. The SMILES string of the molecule is CC(CCl)CS(=O)(=O)c1c(Br)cncc1[N+](=O)[O-]. The van der Waals surface area contributed by atoms with Gasteiger partial charge in [0.25, 0.3) is 0 Å². The Morgan fingerprint density at radius 3 is 2.67 bits per heavy atom. The third kappa shape index (κ3) is 3.39. The topological polar surface area (TPSA) is 90.2 Å². The molecule has 0 saturated heterocycles. The second-order valence-corrected chi connectivity index (χ2v) is 6.90. The second kappa shape index (κ2) is 5.94. The molecule has 1 rings (SSSR count). The van der Waals surface area contributed by atoms with Crippen LogP contribution in [-0.4, -0.2) is 30.0 Å². The van der Waals surface area contributed by atoms with Gasteiger partial charge in [-0.15, -0.1) is 11.6 Å². The van der Waals surface area contributed by atoms with Gasteiger partial charge in [0.15, 0.2) is 14.7 Å². The van der Waals surface area contributed by atoms with Crippen LogP contribution in [0.2, 0.25) is 0 Å². The lowest BCUT2D eigenvalue weighted by Gasteiger charge is -2.10. The molecule has 0 radical (unpaired) electrons. The van der Waals surface area contributed by atoms with E-state index in [1.54, 1.807) is 6.92 Å². The largest absolute Gasteiger partial charge is 0.307 e. The summed E-state index contributed by atoms with van der Waals surface area (Å²) in [6.07, 6.45) is 2.13. The Bertz CT molecular complexity index is 564. The van der Waals surface area contributed by atoms with Gasteiger partial charge in [-0.2, -0.15) is 0 Å². The zero-order valence-corrected chi connectivity index (χ0v) is 12.5. The molecule has 0 spiro atoms. The Labute approximate surface area is 118 Å². The normalized spacial score (nSPS) is 13.3. The first kappa shape index (κ1) is 15.3. The van der Waals surface area contributed by atoms with Crippen LogP contribution >= 0.6 is 27.5 Å². The summed E-state index contributed by atoms with van der Waals surface area (Å²) in [4.78, 5) is 13.3. The summed E-state index contributed by atoms with van der Waals surface area (Å²) in [5.74, 6) is -0.383. The Morgan fingerprint density at radius 1 is 1.56 bits per heavy atom. The molecule has 9 heteroatoms. The zero-order valence-electron chi connectivity index (χ0n) is 9.34. The van der Waals surface area contributed by atoms with Gasteiger partial charge < -0.3 is 0 Å². The fourth-order valence-electron chi connectivity index (χ4n) is 1.35. The molecule has 6 nitrogen and oxygen atoms in total. The zero-order chi connectivity index (χ0) is 13.9. The highest BCUT2D eigenvalue weighted by molar-refractivity contribution is 9.10. The number of aromatic nitrogens is 1. The predicted octanol–water partition coefficient (Wildman–Crippen LogP) is 2.40. The van der Waals surface area contributed by atoms with Crippen LogP contribution < -0.4 is 0 Å². The predicted molar refractivity (Wildman–Crippen MR) is 70.5 cm³/mol. The van der Waals surface area contributed by atoms with Crippen LogP contribution in [0.25, 0.3) is 0 Å². The monoisotopic (exact) mass is 356 g/mol. The van der Waals surface area contributed by atoms with E-state index in [0.29, 0.717) is 0 Å². The summed E-state index contributed by atoms with van der Waals surface area (Å²) in [6, 6.07) is 0. The number of sulfone groups is 1. The minimum absolute atomic E-state index is 0.0819. The maximum atomic E-state index is 12.1. The van der Waals surface area contributed by atoms with Crippen molar-refractivity contribution < 1.29 is 13.3 Å².